The van der Waals surface area contributed by atoms with Gasteiger partial charge < -0.3 is 14.8 Å². The summed E-state index contributed by atoms with van der Waals surface area (Å²) in [5.74, 6) is 0.864. The van der Waals surface area contributed by atoms with Crippen LogP contribution in [0.4, 0.5) is 4.39 Å². The first-order chi connectivity index (χ1) is 10.1. The summed E-state index contributed by atoms with van der Waals surface area (Å²) >= 11 is 5.76. The van der Waals surface area contributed by atoms with Gasteiger partial charge in [0.2, 0.25) is 0 Å². The Kier molecular flexibility index (Phi) is 5.42. The van der Waals surface area contributed by atoms with Gasteiger partial charge in [-0.25, -0.2) is 4.39 Å². The highest BCUT2D eigenvalue weighted by atomic mass is 35.5. The molecule has 0 aliphatic heterocycles. The zero-order valence-corrected chi connectivity index (χ0v) is 12.7. The minimum absolute atomic E-state index is 0.0898. The maximum Gasteiger partial charge on any atom is 0.161 e. The van der Waals surface area contributed by atoms with Crippen molar-refractivity contribution in [3.05, 3.63) is 58.4 Å². The van der Waals surface area contributed by atoms with Crippen LogP contribution in [0.5, 0.6) is 11.5 Å². The number of halogens is 2. The van der Waals surface area contributed by atoms with Gasteiger partial charge in [0.25, 0.3) is 0 Å². The third-order valence-corrected chi connectivity index (χ3v) is 3.28. The Morgan fingerprint density at radius 1 is 1.10 bits per heavy atom. The van der Waals surface area contributed by atoms with E-state index in [2.05, 4.69) is 5.32 Å². The summed E-state index contributed by atoms with van der Waals surface area (Å²) in [4.78, 5) is 0. The Balaban J connectivity index is 2.13. The first kappa shape index (κ1) is 15.6. The molecule has 5 heteroatoms. The van der Waals surface area contributed by atoms with Gasteiger partial charge in [-0.3, -0.25) is 0 Å². The van der Waals surface area contributed by atoms with Crippen molar-refractivity contribution in [1.82, 2.24) is 5.32 Å². The fourth-order valence-corrected chi connectivity index (χ4v) is 2.14. The topological polar surface area (TPSA) is 30.5 Å². The molecule has 3 nitrogen and oxygen atoms in total. The van der Waals surface area contributed by atoms with Gasteiger partial charge in [-0.05, 0) is 42.4 Å². The summed E-state index contributed by atoms with van der Waals surface area (Å²) in [5.41, 5.74) is 1.88. The van der Waals surface area contributed by atoms with E-state index in [4.69, 9.17) is 21.1 Å². The van der Waals surface area contributed by atoms with E-state index in [0.29, 0.717) is 18.1 Å². The molecule has 112 valence electrons. The fraction of sp³-hybridized carbons (Fsp3) is 0.250. The van der Waals surface area contributed by atoms with Crippen LogP contribution in [0.2, 0.25) is 5.02 Å². The monoisotopic (exact) mass is 309 g/mol. The average Bonchev–Trinajstić information content (AvgIpc) is 2.49. The lowest BCUT2D eigenvalue weighted by Crippen LogP contribution is -2.06. The Hall–Kier alpha value is -1.78. The molecule has 0 aliphatic rings. The second-order valence-corrected chi connectivity index (χ2v) is 4.96. The smallest absolute Gasteiger partial charge is 0.161 e. The molecule has 0 spiro atoms. The molecule has 1 N–H and O–H groups in total. The van der Waals surface area contributed by atoms with Crippen LogP contribution in [0.25, 0.3) is 0 Å². The molecule has 21 heavy (non-hydrogen) atoms. The van der Waals surface area contributed by atoms with Crippen molar-refractivity contribution in [2.75, 3.05) is 14.2 Å². The van der Waals surface area contributed by atoms with Crippen LogP contribution in [0.1, 0.15) is 11.1 Å². The normalized spacial score (nSPS) is 10.5. The summed E-state index contributed by atoms with van der Waals surface area (Å²) < 4.78 is 24.2. The second kappa shape index (κ2) is 7.29. The Bertz CT molecular complexity index is 619. The molecule has 0 heterocycles. The van der Waals surface area contributed by atoms with Gasteiger partial charge in [-0.2, -0.15) is 0 Å². The first-order valence-electron chi connectivity index (χ1n) is 6.52. The van der Waals surface area contributed by atoms with E-state index in [0.717, 1.165) is 17.7 Å². The number of ether oxygens (including phenoxy) is 2. The van der Waals surface area contributed by atoms with E-state index in [-0.39, 0.29) is 5.02 Å². The minimum atomic E-state index is -0.436. The Morgan fingerprint density at radius 3 is 2.52 bits per heavy atom. The van der Waals surface area contributed by atoms with Crippen LogP contribution >= 0.6 is 11.6 Å². The molecular weight excluding hydrogens is 293 g/mol. The Labute approximate surface area is 128 Å². The van der Waals surface area contributed by atoms with E-state index >= 15 is 0 Å². The molecule has 0 aliphatic carbocycles. The van der Waals surface area contributed by atoms with Crippen molar-refractivity contribution in [1.29, 1.82) is 0 Å². The standard InChI is InChI=1S/C16H17ClFNO2/c1-19-9-11-4-6-15(20-2)16(8-11)21-10-12-3-5-14(18)13(17)7-12/h3-8,19H,9-10H2,1-2H3. The van der Waals surface area contributed by atoms with Crippen LogP contribution in [-0.2, 0) is 13.2 Å². The molecule has 0 amide bonds. The summed E-state index contributed by atoms with van der Waals surface area (Å²) in [6, 6.07) is 10.3. The highest BCUT2D eigenvalue weighted by Gasteiger charge is 2.07. The van der Waals surface area contributed by atoms with E-state index in [9.17, 15) is 4.39 Å². The van der Waals surface area contributed by atoms with Crippen LogP contribution in [0.3, 0.4) is 0 Å². The van der Waals surface area contributed by atoms with Crippen molar-refractivity contribution in [3.8, 4) is 11.5 Å². The summed E-state index contributed by atoms with van der Waals surface area (Å²) in [6.45, 7) is 1.03. The SMILES string of the molecule is CNCc1ccc(OC)c(OCc2ccc(F)c(Cl)c2)c1. The molecule has 0 saturated heterocycles. The number of hydrogen-bond donors (Lipinski definition) is 1. The molecular formula is C16H17ClFNO2. The van der Waals surface area contributed by atoms with Gasteiger partial charge in [0.15, 0.2) is 11.5 Å². The van der Waals surface area contributed by atoms with E-state index < -0.39 is 5.82 Å². The molecule has 2 rings (SSSR count). The van der Waals surface area contributed by atoms with Crippen LogP contribution in [0.15, 0.2) is 36.4 Å². The van der Waals surface area contributed by atoms with E-state index in [1.807, 2.05) is 25.2 Å². The largest absolute Gasteiger partial charge is 0.493 e. The van der Waals surface area contributed by atoms with Crippen molar-refractivity contribution in [3.63, 3.8) is 0 Å². The zero-order chi connectivity index (χ0) is 15.2. The van der Waals surface area contributed by atoms with Gasteiger partial charge in [-0.15, -0.1) is 0 Å². The molecule has 0 saturated carbocycles. The van der Waals surface area contributed by atoms with Gasteiger partial charge in [0.1, 0.15) is 12.4 Å². The average molecular weight is 310 g/mol. The summed E-state index contributed by atoms with van der Waals surface area (Å²) in [7, 11) is 3.47. The van der Waals surface area contributed by atoms with E-state index in [1.54, 1.807) is 19.2 Å². The molecule has 0 fully saturated rings. The molecule has 0 bridgehead atoms. The molecule has 0 aromatic heterocycles. The predicted octanol–water partition coefficient (Wildman–Crippen LogP) is 3.79. The van der Waals surface area contributed by atoms with Gasteiger partial charge in [-0.1, -0.05) is 23.7 Å². The van der Waals surface area contributed by atoms with Crippen LogP contribution in [-0.4, -0.2) is 14.2 Å². The molecule has 0 atom stereocenters. The van der Waals surface area contributed by atoms with Gasteiger partial charge >= 0.3 is 0 Å². The lowest BCUT2D eigenvalue weighted by Gasteiger charge is -2.12. The lowest BCUT2D eigenvalue weighted by atomic mass is 10.2. The maximum atomic E-state index is 13.1. The van der Waals surface area contributed by atoms with Crippen LogP contribution < -0.4 is 14.8 Å². The van der Waals surface area contributed by atoms with Crippen molar-refractivity contribution >= 4 is 11.6 Å². The number of nitrogens with one attached hydrogen (secondary N) is 1. The first-order valence-corrected chi connectivity index (χ1v) is 6.90. The third kappa shape index (κ3) is 4.09. The number of hydrogen-bond acceptors (Lipinski definition) is 3. The van der Waals surface area contributed by atoms with Crippen molar-refractivity contribution < 1.29 is 13.9 Å². The Morgan fingerprint density at radius 2 is 1.86 bits per heavy atom. The highest BCUT2D eigenvalue weighted by molar-refractivity contribution is 6.30. The maximum absolute atomic E-state index is 13.1. The quantitative estimate of drug-likeness (QED) is 0.880. The van der Waals surface area contributed by atoms with Gasteiger partial charge in [0.05, 0.1) is 12.1 Å². The van der Waals surface area contributed by atoms with Crippen LogP contribution in [0, 0.1) is 5.82 Å². The lowest BCUT2D eigenvalue weighted by molar-refractivity contribution is 0.284. The molecule has 0 unspecified atom stereocenters. The molecule has 0 radical (unpaired) electrons. The summed E-state index contributed by atoms with van der Waals surface area (Å²) in [5, 5.41) is 3.17. The molecule has 2 aromatic rings. The van der Waals surface area contributed by atoms with Gasteiger partial charge in [0, 0.05) is 6.54 Å². The molecule has 2 aromatic carbocycles. The fourth-order valence-electron chi connectivity index (χ4n) is 1.94. The number of rotatable bonds is 6. The predicted molar refractivity (Wildman–Crippen MR) is 81.5 cm³/mol. The number of methoxy groups -OCH3 is 1. The zero-order valence-electron chi connectivity index (χ0n) is 12.0. The van der Waals surface area contributed by atoms with Crippen molar-refractivity contribution in [2.45, 2.75) is 13.2 Å². The summed E-state index contributed by atoms with van der Waals surface area (Å²) in [6.07, 6.45) is 0. The van der Waals surface area contributed by atoms with E-state index in [1.165, 1.54) is 6.07 Å². The number of benzene rings is 2. The van der Waals surface area contributed by atoms with Crippen molar-refractivity contribution in [2.24, 2.45) is 0 Å². The minimum Gasteiger partial charge on any atom is -0.493 e. The second-order valence-electron chi connectivity index (χ2n) is 4.55. The highest BCUT2D eigenvalue weighted by Crippen LogP contribution is 2.29. The third-order valence-electron chi connectivity index (χ3n) is 2.99.